The van der Waals surface area contributed by atoms with Gasteiger partial charge in [0.1, 0.15) is 0 Å². The zero-order valence-corrected chi connectivity index (χ0v) is 15.3. The molecule has 5 rings (SSSR count). The Morgan fingerprint density at radius 2 is 1.77 bits per heavy atom. The van der Waals surface area contributed by atoms with Crippen molar-refractivity contribution in [3.8, 4) is 11.1 Å². The van der Waals surface area contributed by atoms with Crippen LogP contribution in [0.15, 0.2) is 48.7 Å². The van der Waals surface area contributed by atoms with Crippen LogP contribution in [-0.2, 0) is 19.3 Å². The predicted molar refractivity (Wildman–Crippen MR) is 109 cm³/mol. The Kier molecular flexibility index (Phi) is 3.53. The van der Waals surface area contributed by atoms with E-state index in [0.29, 0.717) is 0 Å². The van der Waals surface area contributed by atoms with E-state index in [-0.39, 0.29) is 0 Å². The molecule has 4 aromatic rings. The first kappa shape index (κ1) is 15.5. The Morgan fingerprint density at radius 3 is 2.62 bits per heavy atom. The van der Waals surface area contributed by atoms with Crippen LogP contribution in [0.3, 0.4) is 0 Å². The first-order chi connectivity index (χ1) is 12.8. The monoisotopic (exact) mass is 338 g/mol. The molecule has 0 amide bonds. The molecule has 2 heterocycles. The molecule has 0 atom stereocenters. The number of nitrogens with zero attached hydrogens (tertiary/aromatic N) is 2. The van der Waals surface area contributed by atoms with E-state index in [0.717, 1.165) is 36.0 Å². The van der Waals surface area contributed by atoms with Gasteiger partial charge in [-0.2, -0.15) is 0 Å². The SMILES string of the molecule is CCc1c(C)nc2ccccc2c1-c1ccc2c3c(ccnc13)CCC2. The minimum absolute atomic E-state index is 0.974. The van der Waals surface area contributed by atoms with Crippen LogP contribution in [0.5, 0.6) is 0 Å². The Bertz CT molecular complexity index is 1150. The van der Waals surface area contributed by atoms with E-state index in [1.807, 2.05) is 6.20 Å². The molecule has 0 aliphatic heterocycles. The topological polar surface area (TPSA) is 25.8 Å². The number of para-hydroxylation sites is 1. The molecule has 2 aromatic carbocycles. The number of rotatable bonds is 2. The molecular formula is C24H22N2. The molecule has 2 nitrogen and oxygen atoms in total. The third-order valence-electron chi connectivity index (χ3n) is 5.78. The highest BCUT2D eigenvalue weighted by atomic mass is 14.7. The van der Waals surface area contributed by atoms with Gasteiger partial charge in [-0.1, -0.05) is 37.3 Å². The van der Waals surface area contributed by atoms with Gasteiger partial charge in [0.25, 0.3) is 0 Å². The summed E-state index contributed by atoms with van der Waals surface area (Å²) < 4.78 is 0. The highest BCUT2D eigenvalue weighted by molar-refractivity contribution is 6.06. The molecule has 0 saturated carbocycles. The summed E-state index contributed by atoms with van der Waals surface area (Å²) in [5.74, 6) is 0. The van der Waals surface area contributed by atoms with Crippen molar-refractivity contribution in [2.45, 2.75) is 39.5 Å². The fraction of sp³-hybridized carbons (Fsp3) is 0.250. The van der Waals surface area contributed by atoms with Gasteiger partial charge in [0.15, 0.2) is 0 Å². The quantitative estimate of drug-likeness (QED) is 0.461. The van der Waals surface area contributed by atoms with Crippen molar-refractivity contribution >= 4 is 21.8 Å². The average Bonchev–Trinajstić information content (AvgIpc) is 2.68. The molecule has 0 unspecified atom stereocenters. The van der Waals surface area contributed by atoms with Crippen LogP contribution < -0.4 is 0 Å². The second-order valence-electron chi connectivity index (χ2n) is 7.24. The van der Waals surface area contributed by atoms with Gasteiger partial charge < -0.3 is 0 Å². The normalized spacial score (nSPS) is 13.5. The smallest absolute Gasteiger partial charge is 0.0786 e. The highest BCUT2D eigenvalue weighted by Gasteiger charge is 2.20. The van der Waals surface area contributed by atoms with E-state index < -0.39 is 0 Å². The summed E-state index contributed by atoms with van der Waals surface area (Å²) in [7, 11) is 0. The van der Waals surface area contributed by atoms with Crippen LogP contribution in [0, 0.1) is 6.92 Å². The van der Waals surface area contributed by atoms with Gasteiger partial charge in [0.2, 0.25) is 0 Å². The standard InChI is InChI=1S/C24H22N2/c1-3-18-15(2)26-21-10-5-4-9-19(21)23(18)20-12-11-16-7-6-8-17-13-14-25-24(20)22(16)17/h4-5,9-14H,3,6-8H2,1-2H3. The van der Waals surface area contributed by atoms with Crippen LogP contribution >= 0.6 is 0 Å². The van der Waals surface area contributed by atoms with Gasteiger partial charge >= 0.3 is 0 Å². The van der Waals surface area contributed by atoms with Crippen molar-refractivity contribution in [2.24, 2.45) is 0 Å². The lowest BCUT2D eigenvalue weighted by Crippen LogP contribution is -2.04. The van der Waals surface area contributed by atoms with Gasteiger partial charge in [0, 0.05) is 28.2 Å². The maximum Gasteiger partial charge on any atom is 0.0786 e. The summed E-state index contributed by atoms with van der Waals surface area (Å²) in [6.45, 7) is 4.36. The second kappa shape index (κ2) is 5.91. The Morgan fingerprint density at radius 1 is 0.962 bits per heavy atom. The molecule has 128 valence electrons. The third-order valence-corrected chi connectivity index (χ3v) is 5.78. The number of hydrogen-bond donors (Lipinski definition) is 0. The van der Waals surface area contributed by atoms with E-state index >= 15 is 0 Å². The highest BCUT2D eigenvalue weighted by Crippen LogP contribution is 2.39. The van der Waals surface area contributed by atoms with E-state index in [1.165, 1.54) is 45.0 Å². The first-order valence-corrected chi connectivity index (χ1v) is 9.56. The predicted octanol–water partition coefficient (Wildman–Crippen LogP) is 5.81. The molecule has 0 saturated heterocycles. The number of aromatic nitrogens is 2. The van der Waals surface area contributed by atoms with Crippen LogP contribution in [-0.4, -0.2) is 9.97 Å². The summed E-state index contributed by atoms with van der Waals surface area (Å²) >= 11 is 0. The maximum absolute atomic E-state index is 4.85. The third kappa shape index (κ3) is 2.18. The minimum atomic E-state index is 0.974. The Labute approximate surface area is 153 Å². The lowest BCUT2D eigenvalue weighted by molar-refractivity contribution is 0.806. The second-order valence-corrected chi connectivity index (χ2v) is 7.24. The molecule has 0 radical (unpaired) electrons. The van der Waals surface area contributed by atoms with Gasteiger partial charge in [-0.25, -0.2) is 0 Å². The van der Waals surface area contributed by atoms with Crippen molar-refractivity contribution in [3.05, 3.63) is 71.0 Å². The molecule has 2 aromatic heterocycles. The number of aryl methyl sites for hydroxylation is 3. The fourth-order valence-corrected chi connectivity index (χ4v) is 4.61. The van der Waals surface area contributed by atoms with Gasteiger partial charge in [-0.15, -0.1) is 0 Å². The molecule has 0 fully saturated rings. The lowest BCUT2D eigenvalue weighted by atomic mass is 9.85. The molecule has 0 spiro atoms. The molecule has 2 heteroatoms. The van der Waals surface area contributed by atoms with Crippen LogP contribution in [0.25, 0.3) is 32.9 Å². The van der Waals surface area contributed by atoms with Crippen molar-refractivity contribution in [1.29, 1.82) is 0 Å². The summed E-state index contributed by atoms with van der Waals surface area (Å²) in [6.07, 6.45) is 6.52. The van der Waals surface area contributed by atoms with E-state index in [1.54, 1.807) is 0 Å². The van der Waals surface area contributed by atoms with E-state index in [9.17, 15) is 0 Å². The summed E-state index contributed by atoms with van der Waals surface area (Å²) in [4.78, 5) is 9.71. The van der Waals surface area contributed by atoms with Gasteiger partial charge in [-0.05, 0) is 67.0 Å². The molecular weight excluding hydrogens is 316 g/mol. The number of pyridine rings is 2. The molecule has 1 aliphatic rings. The zero-order valence-electron chi connectivity index (χ0n) is 15.3. The van der Waals surface area contributed by atoms with Gasteiger partial charge in [-0.3, -0.25) is 9.97 Å². The number of fused-ring (bicyclic) bond motifs is 1. The van der Waals surface area contributed by atoms with Crippen LogP contribution in [0.1, 0.15) is 35.7 Å². The minimum Gasteiger partial charge on any atom is -0.256 e. The maximum atomic E-state index is 4.85. The fourth-order valence-electron chi connectivity index (χ4n) is 4.61. The van der Waals surface area contributed by atoms with E-state index in [4.69, 9.17) is 9.97 Å². The summed E-state index contributed by atoms with van der Waals surface area (Å²) in [5, 5.41) is 2.62. The van der Waals surface area contributed by atoms with Crippen molar-refractivity contribution < 1.29 is 0 Å². The molecule has 0 N–H and O–H groups in total. The Hall–Kier alpha value is -2.74. The summed E-state index contributed by atoms with van der Waals surface area (Å²) in [5.41, 5.74) is 10.2. The summed E-state index contributed by atoms with van der Waals surface area (Å²) in [6, 6.07) is 15.3. The largest absolute Gasteiger partial charge is 0.256 e. The van der Waals surface area contributed by atoms with Crippen LogP contribution in [0.4, 0.5) is 0 Å². The van der Waals surface area contributed by atoms with Crippen molar-refractivity contribution in [2.75, 3.05) is 0 Å². The van der Waals surface area contributed by atoms with Crippen molar-refractivity contribution in [1.82, 2.24) is 9.97 Å². The Balaban J connectivity index is 1.95. The zero-order chi connectivity index (χ0) is 17.7. The van der Waals surface area contributed by atoms with Crippen molar-refractivity contribution in [3.63, 3.8) is 0 Å². The molecule has 0 bridgehead atoms. The van der Waals surface area contributed by atoms with Gasteiger partial charge in [0.05, 0.1) is 11.0 Å². The molecule has 26 heavy (non-hydrogen) atoms. The first-order valence-electron chi connectivity index (χ1n) is 9.56. The lowest BCUT2D eigenvalue weighted by Gasteiger charge is -2.21. The van der Waals surface area contributed by atoms with E-state index in [2.05, 4.69) is 56.3 Å². The average molecular weight is 338 g/mol. The molecule has 1 aliphatic carbocycles. The number of benzene rings is 2. The van der Waals surface area contributed by atoms with Crippen LogP contribution in [0.2, 0.25) is 0 Å². The number of hydrogen-bond acceptors (Lipinski definition) is 2.